The van der Waals surface area contributed by atoms with E-state index in [9.17, 15) is 14.4 Å². The van der Waals surface area contributed by atoms with Gasteiger partial charge < -0.3 is 14.2 Å². The molecule has 2 amide bonds. The second-order valence-corrected chi connectivity index (χ2v) is 3.88. The van der Waals surface area contributed by atoms with Gasteiger partial charge in [-0.3, -0.25) is 20.4 Å². The molecular weight excluding hydrogens is 280 g/mol. The molecule has 0 aromatic heterocycles. The molecule has 0 aliphatic carbocycles. The Hall–Kier alpha value is -2.77. The number of carbonyl (C=O) groups excluding carboxylic acids is 3. The number of amides is 2. The zero-order valence-electron chi connectivity index (χ0n) is 11.9. The standard InChI is InChI=1S/C13H16N2O6/c1-8(16)14-15-12(17)7-21-13(18)9-4-5-10(19-2)11(6-9)20-3/h4-6H,7H2,1-3H3,(H,14,16)(H,15,17). The van der Waals surface area contributed by atoms with E-state index in [0.717, 1.165) is 0 Å². The summed E-state index contributed by atoms with van der Waals surface area (Å²) in [6.07, 6.45) is 0. The van der Waals surface area contributed by atoms with Crippen LogP contribution >= 0.6 is 0 Å². The highest BCUT2D eigenvalue weighted by Gasteiger charge is 2.13. The van der Waals surface area contributed by atoms with Gasteiger partial charge in [0.05, 0.1) is 19.8 Å². The van der Waals surface area contributed by atoms with Gasteiger partial charge in [-0.2, -0.15) is 0 Å². The van der Waals surface area contributed by atoms with E-state index in [2.05, 4.69) is 10.9 Å². The summed E-state index contributed by atoms with van der Waals surface area (Å²) < 4.78 is 14.9. The first kappa shape index (κ1) is 16.3. The van der Waals surface area contributed by atoms with E-state index in [-0.39, 0.29) is 5.56 Å². The van der Waals surface area contributed by atoms with E-state index in [1.54, 1.807) is 6.07 Å². The maximum atomic E-state index is 11.8. The number of carbonyl (C=O) groups is 3. The molecule has 0 aliphatic heterocycles. The van der Waals surface area contributed by atoms with Crippen LogP contribution in [0, 0.1) is 0 Å². The van der Waals surface area contributed by atoms with Crippen molar-refractivity contribution >= 4 is 17.8 Å². The Morgan fingerprint density at radius 1 is 1.05 bits per heavy atom. The molecule has 0 heterocycles. The molecule has 1 aromatic carbocycles. The van der Waals surface area contributed by atoms with Crippen LogP contribution in [0.2, 0.25) is 0 Å². The monoisotopic (exact) mass is 296 g/mol. The minimum atomic E-state index is -0.700. The molecule has 8 nitrogen and oxygen atoms in total. The average molecular weight is 296 g/mol. The van der Waals surface area contributed by atoms with Crippen LogP contribution in [0.25, 0.3) is 0 Å². The minimum absolute atomic E-state index is 0.208. The van der Waals surface area contributed by atoms with Crippen molar-refractivity contribution in [1.82, 2.24) is 10.9 Å². The van der Waals surface area contributed by atoms with E-state index < -0.39 is 24.4 Å². The van der Waals surface area contributed by atoms with Gasteiger partial charge in [0.15, 0.2) is 18.1 Å². The quantitative estimate of drug-likeness (QED) is 0.587. The van der Waals surface area contributed by atoms with E-state index in [0.29, 0.717) is 11.5 Å². The molecule has 8 heteroatoms. The fourth-order valence-electron chi connectivity index (χ4n) is 1.37. The Kier molecular flexibility index (Phi) is 5.99. The Bertz CT molecular complexity index is 543. The number of hydrazine groups is 1. The highest BCUT2D eigenvalue weighted by atomic mass is 16.5. The normalized spacial score (nSPS) is 9.48. The van der Waals surface area contributed by atoms with Crippen molar-refractivity contribution in [3.63, 3.8) is 0 Å². The van der Waals surface area contributed by atoms with E-state index >= 15 is 0 Å². The lowest BCUT2D eigenvalue weighted by Crippen LogP contribution is -2.42. The number of nitrogens with one attached hydrogen (secondary N) is 2. The van der Waals surface area contributed by atoms with Crippen LogP contribution < -0.4 is 20.3 Å². The predicted molar refractivity (Wildman–Crippen MR) is 71.8 cm³/mol. The molecule has 2 N–H and O–H groups in total. The van der Waals surface area contributed by atoms with Crippen molar-refractivity contribution in [3.05, 3.63) is 23.8 Å². The Labute approximate surface area is 121 Å². The second kappa shape index (κ2) is 7.73. The van der Waals surface area contributed by atoms with Crippen LogP contribution in [0.3, 0.4) is 0 Å². The summed E-state index contributed by atoms with van der Waals surface area (Å²) in [5, 5.41) is 0. The van der Waals surface area contributed by atoms with Gasteiger partial charge >= 0.3 is 5.97 Å². The summed E-state index contributed by atoms with van der Waals surface area (Å²) in [5.74, 6) is -0.949. The van der Waals surface area contributed by atoms with E-state index in [4.69, 9.17) is 14.2 Å². The SMILES string of the molecule is COc1ccc(C(=O)OCC(=O)NNC(C)=O)cc1OC. The Balaban J connectivity index is 2.59. The first-order chi connectivity index (χ1) is 9.97. The van der Waals surface area contributed by atoms with Gasteiger partial charge in [-0.15, -0.1) is 0 Å². The molecular formula is C13H16N2O6. The second-order valence-electron chi connectivity index (χ2n) is 3.88. The minimum Gasteiger partial charge on any atom is -0.493 e. The molecule has 0 bridgehead atoms. The third-order valence-corrected chi connectivity index (χ3v) is 2.33. The van der Waals surface area contributed by atoms with Crippen LogP contribution in [0.5, 0.6) is 11.5 Å². The van der Waals surface area contributed by atoms with Crippen molar-refractivity contribution in [2.75, 3.05) is 20.8 Å². The van der Waals surface area contributed by atoms with Crippen LogP contribution in [0.4, 0.5) is 0 Å². The molecule has 114 valence electrons. The highest BCUT2D eigenvalue weighted by molar-refractivity contribution is 5.92. The molecule has 0 atom stereocenters. The van der Waals surface area contributed by atoms with Crippen molar-refractivity contribution in [3.8, 4) is 11.5 Å². The summed E-state index contributed by atoms with van der Waals surface area (Å²) >= 11 is 0. The molecule has 1 aromatic rings. The lowest BCUT2D eigenvalue weighted by atomic mass is 10.2. The van der Waals surface area contributed by atoms with E-state index in [1.165, 1.54) is 33.3 Å². The van der Waals surface area contributed by atoms with Crippen LogP contribution in [0.15, 0.2) is 18.2 Å². The van der Waals surface area contributed by atoms with Gasteiger partial charge in [0.2, 0.25) is 5.91 Å². The first-order valence-corrected chi connectivity index (χ1v) is 5.92. The van der Waals surface area contributed by atoms with Crippen molar-refractivity contribution in [2.45, 2.75) is 6.92 Å². The van der Waals surface area contributed by atoms with Gasteiger partial charge in [0.1, 0.15) is 0 Å². The van der Waals surface area contributed by atoms with Gasteiger partial charge in [-0.05, 0) is 18.2 Å². The van der Waals surface area contributed by atoms with Crippen LogP contribution in [-0.2, 0) is 14.3 Å². The smallest absolute Gasteiger partial charge is 0.338 e. The number of hydrogen-bond acceptors (Lipinski definition) is 6. The van der Waals surface area contributed by atoms with Gasteiger partial charge in [-0.1, -0.05) is 0 Å². The number of benzene rings is 1. The van der Waals surface area contributed by atoms with Crippen molar-refractivity contribution in [1.29, 1.82) is 0 Å². The first-order valence-electron chi connectivity index (χ1n) is 5.92. The van der Waals surface area contributed by atoms with Gasteiger partial charge in [0.25, 0.3) is 5.91 Å². The topological polar surface area (TPSA) is 103 Å². The van der Waals surface area contributed by atoms with Crippen molar-refractivity contribution in [2.24, 2.45) is 0 Å². The third-order valence-electron chi connectivity index (χ3n) is 2.33. The Morgan fingerprint density at radius 3 is 2.29 bits per heavy atom. The third kappa shape index (κ3) is 5.01. The molecule has 0 radical (unpaired) electrons. The summed E-state index contributed by atoms with van der Waals surface area (Å²) in [5.41, 5.74) is 4.35. The highest BCUT2D eigenvalue weighted by Crippen LogP contribution is 2.27. The molecule has 1 rings (SSSR count). The molecule has 0 fully saturated rings. The summed E-state index contributed by atoms with van der Waals surface area (Å²) in [7, 11) is 2.91. The largest absolute Gasteiger partial charge is 0.493 e. The molecule has 0 spiro atoms. The number of ether oxygens (including phenoxy) is 3. The Morgan fingerprint density at radius 2 is 1.71 bits per heavy atom. The van der Waals surface area contributed by atoms with Crippen LogP contribution in [-0.4, -0.2) is 38.6 Å². The summed E-state index contributed by atoms with van der Waals surface area (Å²) in [4.78, 5) is 33.6. The lowest BCUT2D eigenvalue weighted by molar-refractivity contribution is -0.129. The molecule has 0 aliphatic rings. The average Bonchev–Trinajstić information content (AvgIpc) is 2.49. The fraction of sp³-hybridized carbons (Fsp3) is 0.308. The van der Waals surface area contributed by atoms with Gasteiger partial charge in [0, 0.05) is 6.92 Å². The summed E-state index contributed by atoms with van der Waals surface area (Å²) in [6.45, 7) is 0.712. The molecule has 0 saturated carbocycles. The molecule has 21 heavy (non-hydrogen) atoms. The zero-order valence-corrected chi connectivity index (χ0v) is 11.9. The zero-order chi connectivity index (χ0) is 15.8. The lowest BCUT2D eigenvalue weighted by Gasteiger charge is -2.09. The predicted octanol–water partition coefficient (Wildman–Crippen LogP) is 0.0279. The number of methoxy groups -OCH3 is 2. The van der Waals surface area contributed by atoms with E-state index in [1.807, 2.05) is 0 Å². The van der Waals surface area contributed by atoms with Crippen LogP contribution in [0.1, 0.15) is 17.3 Å². The molecule has 0 saturated heterocycles. The maximum Gasteiger partial charge on any atom is 0.338 e. The molecule has 0 unspecified atom stereocenters. The number of esters is 1. The van der Waals surface area contributed by atoms with Crippen molar-refractivity contribution < 1.29 is 28.6 Å². The fourth-order valence-corrected chi connectivity index (χ4v) is 1.37. The van der Waals surface area contributed by atoms with Gasteiger partial charge in [-0.25, -0.2) is 4.79 Å². The summed E-state index contributed by atoms with van der Waals surface area (Å²) in [6, 6.07) is 4.47. The number of rotatable bonds is 5. The maximum absolute atomic E-state index is 11.8. The number of hydrogen-bond donors (Lipinski definition) is 2.